The van der Waals surface area contributed by atoms with Crippen LogP contribution < -0.4 is 17.0 Å². The standard InChI is InChI=1S/C16H17N3O3/c1-8-4-5-9(20)7-10(8)12-14(17)13(15(18)21)11-3-2-6-19(11)16(12)22/h4-5,7,20H,2-3,6,17H2,1H3,(H2,18,21). The predicted molar refractivity (Wildman–Crippen MR) is 83.8 cm³/mol. The van der Waals surface area contributed by atoms with Gasteiger partial charge in [0, 0.05) is 12.2 Å². The van der Waals surface area contributed by atoms with E-state index in [0.717, 1.165) is 12.0 Å². The summed E-state index contributed by atoms with van der Waals surface area (Å²) in [5, 5.41) is 9.71. The van der Waals surface area contributed by atoms with Gasteiger partial charge in [-0.3, -0.25) is 9.59 Å². The van der Waals surface area contributed by atoms with Gasteiger partial charge in [-0.1, -0.05) is 6.07 Å². The molecule has 0 bridgehead atoms. The molecule has 114 valence electrons. The van der Waals surface area contributed by atoms with Gasteiger partial charge in [0.2, 0.25) is 0 Å². The van der Waals surface area contributed by atoms with E-state index in [2.05, 4.69) is 0 Å². The van der Waals surface area contributed by atoms with E-state index in [4.69, 9.17) is 11.5 Å². The number of amides is 1. The summed E-state index contributed by atoms with van der Waals surface area (Å²) in [6, 6.07) is 4.72. The molecule has 0 saturated carbocycles. The molecule has 0 radical (unpaired) electrons. The minimum atomic E-state index is -0.637. The molecule has 2 aromatic rings. The van der Waals surface area contributed by atoms with E-state index >= 15 is 0 Å². The summed E-state index contributed by atoms with van der Waals surface area (Å²) in [4.78, 5) is 24.6. The van der Waals surface area contributed by atoms with E-state index < -0.39 is 5.91 Å². The Morgan fingerprint density at radius 1 is 1.36 bits per heavy atom. The first-order valence-electron chi connectivity index (χ1n) is 7.06. The molecule has 0 unspecified atom stereocenters. The second-order valence-corrected chi connectivity index (χ2v) is 5.53. The molecule has 0 saturated heterocycles. The first-order chi connectivity index (χ1) is 10.4. The van der Waals surface area contributed by atoms with Crippen LogP contribution in [0.25, 0.3) is 11.1 Å². The van der Waals surface area contributed by atoms with Crippen molar-refractivity contribution in [2.45, 2.75) is 26.3 Å². The zero-order chi connectivity index (χ0) is 16.0. The monoisotopic (exact) mass is 299 g/mol. The molecule has 6 heteroatoms. The number of phenolic OH excluding ortho intramolecular Hbond substituents is 1. The van der Waals surface area contributed by atoms with Crippen molar-refractivity contribution in [3.05, 3.63) is 45.4 Å². The maximum absolute atomic E-state index is 12.8. The highest BCUT2D eigenvalue weighted by molar-refractivity contribution is 6.02. The van der Waals surface area contributed by atoms with Crippen LogP contribution in [0.5, 0.6) is 5.75 Å². The van der Waals surface area contributed by atoms with E-state index in [9.17, 15) is 14.7 Å². The van der Waals surface area contributed by atoms with Crippen molar-refractivity contribution in [3.8, 4) is 16.9 Å². The van der Waals surface area contributed by atoms with Crippen molar-refractivity contribution in [2.24, 2.45) is 5.73 Å². The van der Waals surface area contributed by atoms with Crippen LogP contribution in [0.3, 0.4) is 0 Å². The molecule has 5 N–H and O–H groups in total. The highest BCUT2D eigenvalue weighted by Gasteiger charge is 2.27. The number of carbonyl (C=O) groups excluding carboxylic acids is 1. The number of aromatic hydroxyl groups is 1. The number of nitrogens with zero attached hydrogens (tertiary/aromatic N) is 1. The molecule has 1 aromatic heterocycles. The van der Waals surface area contributed by atoms with Gasteiger partial charge in [0.1, 0.15) is 5.75 Å². The number of primary amides is 1. The molecule has 2 heterocycles. The Hall–Kier alpha value is -2.76. The molecule has 1 aliphatic rings. The lowest BCUT2D eigenvalue weighted by Gasteiger charge is -2.16. The molecule has 22 heavy (non-hydrogen) atoms. The second kappa shape index (κ2) is 4.91. The lowest BCUT2D eigenvalue weighted by atomic mass is 9.96. The summed E-state index contributed by atoms with van der Waals surface area (Å²) in [5.41, 5.74) is 13.8. The first-order valence-corrected chi connectivity index (χ1v) is 7.06. The number of fused-ring (bicyclic) bond motifs is 1. The number of hydrogen-bond donors (Lipinski definition) is 3. The molecule has 0 fully saturated rings. The Kier molecular flexibility index (Phi) is 3.16. The Morgan fingerprint density at radius 2 is 2.09 bits per heavy atom. The molecule has 0 spiro atoms. The average Bonchev–Trinajstić information content (AvgIpc) is 2.91. The zero-order valence-corrected chi connectivity index (χ0v) is 12.2. The second-order valence-electron chi connectivity index (χ2n) is 5.53. The molecule has 1 aliphatic heterocycles. The van der Waals surface area contributed by atoms with E-state index in [0.29, 0.717) is 24.2 Å². The highest BCUT2D eigenvalue weighted by atomic mass is 16.3. The summed E-state index contributed by atoms with van der Waals surface area (Å²) in [7, 11) is 0. The summed E-state index contributed by atoms with van der Waals surface area (Å²) < 4.78 is 1.56. The van der Waals surface area contributed by atoms with Crippen LogP contribution in [0.2, 0.25) is 0 Å². The van der Waals surface area contributed by atoms with Crippen LogP contribution in [-0.2, 0) is 13.0 Å². The van der Waals surface area contributed by atoms with Crippen LogP contribution >= 0.6 is 0 Å². The first kappa shape index (κ1) is 14.2. The van der Waals surface area contributed by atoms with Crippen molar-refractivity contribution >= 4 is 11.6 Å². The van der Waals surface area contributed by atoms with Crippen LogP contribution in [0.1, 0.15) is 28.0 Å². The Bertz CT molecular complexity index is 853. The molecular formula is C16H17N3O3. The highest BCUT2D eigenvalue weighted by Crippen LogP contribution is 2.33. The predicted octanol–water partition coefficient (Wildman–Crippen LogP) is 1.16. The van der Waals surface area contributed by atoms with Gasteiger partial charge in [-0.25, -0.2) is 0 Å². The molecule has 1 aromatic carbocycles. The molecule has 0 atom stereocenters. The van der Waals surface area contributed by atoms with Gasteiger partial charge in [0.05, 0.1) is 16.8 Å². The van der Waals surface area contributed by atoms with Gasteiger partial charge < -0.3 is 21.1 Å². The number of nitrogens with two attached hydrogens (primary N) is 2. The topological polar surface area (TPSA) is 111 Å². The van der Waals surface area contributed by atoms with Gasteiger partial charge in [0.25, 0.3) is 11.5 Å². The van der Waals surface area contributed by atoms with Gasteiger partial charge >= 0.3 is 0 Å². The number of anilines is 1. The molecule has 0 aliphatic carbocycles. The smallest absolute Gasteiger partial charge is 0.260 e. The molecular weight excluding hydrogens is 282 g/mol. The maximum Gasteiger partial charge on any atom is 0.260 e. The number of aromatic nitrogens is 1. The molecule has 1 amide bonds. The van der Waals surface area contributed by atoms with Crippen LogP contribution in [0.4, 0.5) is 5.69 Å². The lowest BCUT2D eigenvalue weighted by molar-refractivity contribution is 0.0999. The molecule has 6 nitrogen and oxygen atoms in total. The van der Waals surface area contributed by atoms with E-state index in [1.807, 2.05) is 6.92 Å². The van der Waals surface area contributed by atoms with E-state index in [-0.39, 0.29) is 28.1 Å². The third-order valence-corrected chi connectivity index (χ3v) is 4.14. The van der Waals surface area contributed by atoms with Gasteiger partial charge in [-0.05, 0) is 43.0 Å². The maximum atomic E-state index is 12.8. The van der Waals surface area contributed by atoms with Crippen LogP contribution in [0.15, 0.2) is 23.0 Å². The number of hydrogen-bond acceptors (Lipinski definition) is 4. The third kappa shape index (κ3) is 1.95. The number of aryl methyl sites for hydroxylation is 1. The fraction of sp³-hybridized carbons (Fsp3) is 0.250. The van der Waals surface area contributed by atoms with Crippen molar-refractivity contribution < 1.29 is 9.90 Å². The summed E-state index contributed by atoms with van der Waals surface area (Å²) in [6.07, 6.45) is 1.38. The van der Waals surface area contributed by atoms with Crippen molar-refractivity contribution in [3.63, 3.8) is 0 Å². The van der Waals surface area contributed by atoms with Gasteiger partial charge in [0.15, 0.2) is 0 Å². The average molecular weight is 299 g/mol. The van der Waals surface area contributed by atoms with Crippen molar-refractivity contribution in [1.29, 1.82) is 0 Å². The Balaban J connectivity index is 2.43. The van der Waals surface area contributed by atoms with Gasteiger partial charge in [-0.15, -0.1) is 0 Å². The Morgan fingerprint density at radius 3 is 2.77 bits per heavy atom. The van der Waals surface area contributed by atoms with Gasteiger partial charge in [-0.2, -0.15) is 0 Å². The van der Waals surface area contributed by atoms with E-state index in [1.54, 1.807) is 10.6 Å². The lowest BCUT2D eigenvalue weighted by Crippen LogP contribution is -2.28. The SMILES string of the molecule is Cc1ccc(O)cc1-c1c(N)c(C(N)=O)c2n(c1=O)CCC2. The number of phenols is 1. The summed E-state index contributed by atoms with van der Waals surface area (Å²) >= 11 is 0. The fourth-order valence-electron chi connectivity index (χ4n) is 3.10. The minimum absolute atomic E-state index is 0.0329. The van der Waals surface area contributed by atoms with Crippen LogP contribution in [0, 0.1) is 6.92 Å². The van der Waals surface area contributed by atoms with Crippen LogP contribution in [-0.4, -0.2) is 15.6 Å². The zero-order valence-electron chi connectivity index (χ0n) is 12.2. The van der Waals surface area contributed by atoms with Crippen molar-refractivity contribution in [1.82, 2.24) is 4.57 Å². The number of benzene rings is 1. The fourth-order valence-corrected chi connectivity index (χ4v) is 3.10. The summed E-state index contributed by atoms with van der Waals surface area (Å²) in [6.45, 7) is 2.36. The normalized spacial score (nSPS) is 13.1. The van der Waals surface area contributed by atoms with E-state index in [1.165, 1.54) is 12.1 Å². The number of rotatable bonds is 2. The third-order valence-electron chi connectivity index (χ3n) is 4.14. The number of carbonyl (C=O) groups is 1. The number of nitrogen functional groups attached to an aromatic ring is 1. The Labute approximate surface area is 127 Å². The van der Waals surface area contributed by atoms with Crippen molar-refractivity contribution in [2.75, 3.05) is 5.73 Å². The molecule has 3 rings (SSSR count). The largest absolute Gasteiger partial charge is 0.508 e. The minimum Gasteiger partial charge on any atom is -0.508 e. The number of pyridine rings is 1. The quantitative estimate of drug-likeness (QED) is 0.772. The summed E-state index contributed by atoms with van der Waals surface area (Å²) in [5.74, 6) is -0.604.